The molecule has 300 valence electrons. The highest BCUT2D eigenvalue weighted by atomic mass is 16.5. The van der Waals surface area contributed by atoms with E-state index >= 15 is 0 Å². The highest BCUT2D eigenvalue weighted by molar-refractivity contribution is 5.83. The van der Waals surface area contributed by atoms with E-state index in [0.29, 0.717) is 32.2 Å². The second-order valence-electron chi connectivity index (χ2n) is 15.1. The van der Waals surface area contributed by atoms with Gasteiger partial charge in [0.1, 0.15) is 12.1 Å². The number of carbonyl (C=O) groups is 3. The molecule has 7 nitrogen and oxygen atoms in total. The largest absolute Gasteiger partial charge is 0.480 e. The van der Waals surface area contributed by atoms with E-state index in [0.717, 1.165) is 64.2 Å². The van der Waals surface area contributed by atoms with Crippen molar-refractivity contribution in [2.45, 2.75) is 244 Å². The lowest BCUT2D eigenvalue weighted by atomic mass is 10.0. The molecule has 0 radical (unpaired) electrons. The summed E-state index contributed by atoms with van der Waals surface area (Å²) in [4.78, 5) is 36.3. The molecule has 0 aromatic rings. The Morgan fingerprint density at radius 1 is 0.549 bits per heavy atom. The summed E-state index contributed by atoms with van der Waals surface area (Å²) in [5.74, 6) is -1.23. The molecule has 2 unspecified atom stereocenters. The summed E-state index contributed by atoms with van der Waals surface area (Å²) in [6.07, 6.45) is 42.5. The van der Waals surface area contributed by atoms with Gasteiger partial charge in [0.25, 0.3) is 0 Å². The third-order valence-corrected chi connectivity index (χ3v) is 10.1. The number of rotatable bonds is 40. The number of aliphatic carboxylic acids is 1. The van der Waals surface area contributed by atoms with Crippen molar-refractivity contribution in [3.8, 4) is 0 Å². The maximum Gasteiger partial charge on any atom is 0.326 e. The molecule has 0 spiro atoms. The highest BCUT2D eigenvalue weighted by Crippen LogP contribution is 2.19. The smallest absolute Gasteiger partial charge is 0.326 e. The van der Waals surface area contributed by atoms with Gasteiger partial charge in [-0.05, 0) is 83.6 Å². The zero-order valence-electron chi connectivity index (χ0n) is 33.7. The van der Waals surface area contributed by atoms with E-state index in [9.17, 15) is 19.5 Å². The molecule has 7 heteroatoms. The van der Waals surface area contributed by atoms with E-state index < -0.39 is 12.0 Å². The first-order valence-corrected chi connectivity index (χ1v) is 22.0. The number of ether oxygens (including phenoxy) is 1. The van der Waals surface area contributed by atoms with Crippen molar-refractivity contribution >= 4 is 17.8 Å². The van der Waals surface area contributed by atoms with Gasteiger partial charge in [0.2, 0.25) is 5.91 Å². The average molecular weight is 721 g/mol. The maximum absolute atomic E-state index is 12.8. The van der Waals surface area contributed by atoms with E-state index in [-0.39, 0.29) is 18.0 Å². The van der Waals surface area contributed by atoms with Gasteiger partial charge in [-0.25, -0.2) is 4.79 Å². The number of carboxylic acid groups (broad SMARTS) is 1. The van der Waals surface area contributed by atoms with Crippen LogP contribution in [0, 0.1) is 0 Å². The lowest BCUT2D eigenvalue weighted by Gasteiger charge is -2.18. The van der Waals surface area contributed by atoms with Crippen LogP contribution in [-0.2, 0) is 19.1 Å². The molecule has 0 aliphatic carbocycles. The average Bonchev–Trinajstić information content (AvgIpc) is 3.11. The number of amides is 1. The molecule has 1 amide bonds. The molecule has 2 atom stereocenters. The van der Waals surface area contributed by atoms with Crippen molar-refractivity contribution in [1.29, 1.82) is 0 Å². The molecule has 0 aromatic carbocycles. The molecule has 0 aliphatic heterocycles. The maximum atomic E-state index is 12.8. The van der Waals surface area contributed by atoms with Crippen LogP contribution in [0.3, 0.4) is 0 Å². The molecule has 0 fully saturated rings. The molecule has 0 bridgehead atoms. The van der Waals surface area contributed by atoms with Gasteiger partial charge in [0.15, 0.2) is 0 Å². The second-order valence-corrected chi connectivity index (χ2v) is 15.1. The second kappa shape index (κ2) is 39.3. The van der Waals surface area contributed by atoms with Crippen molar-refractivity contribution in [2.24, 2.45) is 5.73 Å². The van der Waals surface area contributed by atoms with Crippen LogP contribution in [0.25, 0.3) is 0 Å². The van der Waals surface area contributed by atoms with Crippen molar-refractivity contribution in [3.05, 3.63) is 12.2 Å². The van der Waals surface area contributed by atoms with Crippen LogP contribution < -0.4 is 11.1 Å². The number of hydrogen-bond donors (Lipinski definition) is 3. The minimum Gasteiger partial charge on any atom is -0.480 e. The Morgan fingerprint density at radius 2 is 0.961 bits per heavy atom. The molecule has 4 N–H and O–H groups in total. The summed E-state index contributed by atoms with van der Waals surface area (Å²) < 4.78 is 6.04. The fourth-order valence-electron chi connectivity index (χ4n) is 6.74. The Balaban J connectivity index is 4.27. The van der Waals surface area contributed by atoms with Crippen LogP contribution in [-0.4, -0.2) is 41.6 Å². The van der Waals surface area contributed by atoms with Gasteiger partial charge < -0.3 is 20.9 Å². The van der Waals surface area contributed by atoms with Gasteiger partial charge in [-0.2, -0.15) is 0 Å². The summed E-state index contributed by atoms with van der Waals surface area (Å²) in [7, 11) is 0. The first kappa shape index (κ1) is 49.1. The molecule has 0 aromatic heterocycles. The summed E-state index contributed by atoms with van der Waals surface area (Å²) in [5, 5.41) is 11.9. The third kappa shape index (κ3) is 36.3. The number of carboxylic acids is 1. The molecular formula is C44H84N2O5. The number of carbonyl (C=O) groups excluding carboxylic acids is 2. The van der Waals surface area contributed by atoms with Gasteiger partial charge in [-0.1, -0.05) is 154 Å². The Hall–Kier alpha value is -1.89. The zero-order chi connectivity index (χ0) is 37.5. The summed E-state index contributed by atoms with van der Waals surface area (Å²) in [6.45, 7) is 4.95. The third-order valence-electron chi connectivity index (χ3n) is 10.1. The minimum atomic E-state index is -1.00. The Kier molecular flexibility index (Phi) is 37.9. The van der Waals surface area contributed by atoms with Crippen LogP contribution in [0.2, 0.25) is 0 Å². The van der Waals surface area contributed by atoms with Crippen molar-refractivity contribution in [1.82, 2.24) is 5.32 Å². The van der Waals surface area contributed by atoms with Gasteiger partial charge in [-0.3, -0.25) is 9.59 Å². The molecular weight excluding hydrogens is 636 g/mol. The normalized spacial score (nSPS) is 12.7. The van der Waals surface area contributed by atoms with Gasteiger partial charge in [-0.15, -0.1) is 0 Å². The monoisotopic (exact) mass is 721 g/mol. The van der Waals surface area contributed by atoms with E-state index in [2.05, 4.69) is 31.3 Å². The van der Waals surface area contributed by atoms with Crippen LogP contribution >= 0.6 is 0 Å². The van der Waals surface area contributed by atoms with Crippen molar-refractivity contribution in [3.63, 3.8) is 0 Å². The van der Waals surface area contributed by atoms with Gasteiger partial charge in [0, 0.05) is 12.8 Å². The number of nitrogens with one attached hydrogen (secondary N) is 1. The van der Waals surface area contributed by atoms with Crippen molar-refractivity contribution < 1.29 is 24.2 Å². The number of esters is 1. The highest BCUT2D eigenvalue weighted by Gasteiger charge is 2.19. The fourth-order valence-corrected chi connectivity index (χ4v) is 6.74. The Labute approximate surface area is 315 Å². The van der Waals surface area contributed by atoms with Crippen LogP contribution in [0.1, 0.15) is 232 Å². The van der Waals surface area contributed by atoms with E-state index in [1.807, 2.05) is 0 Å². The molecule has 51 heavy (non-hydrogen) atoms. The van der Waals surface area contributed by atoms with Crippen LogP contribution in [0.4, 0.5) is 0 Å². The zero-order valence-corrected chi connectivity index (χ0v) is 33.7. The fraction of sp³-hybridized carbons (Fsp3) is 0.886. The molecule has 0 heterocycles. The number of allylic oxidation sites excluding steroid dienone is 2. The van der Waals surface area contributed by atoms with Gasteiger partial charge >= 0.3 is 11.9 Å². The Morgan fingerprint density at radius 3 is 1.41 bits per heavy atom. The number of unbranched alkanes of at least 4 members (excludes halogenated alkanes) is 24. The first-order chi connectivity index (χ1) is 24.9. The van der Waals surface area contributed by atoms with Gasteiger partial charge in [0.05, 0.1) is 0 Å². The minimum absolute atomic E-state index is 0.0157. The van der Waals surface area contributed by atoms with E-state index in [4.69, 9.17) is 10.5 Å². The number of hydrogen-bond acceptors (Lipinski definition) is 5. The van der Waals surface area contributed by atoms with Crippen LogP contribution in [0.15, 0.2) is 12.2 Å². The SMILES string of the molecule is CCCCCCCC/C=C\CCCCCCCC(=O)OC(CCCCCCCCCCCC)CCCCCCCC(=O)NC(CCCN)C(=O)O. The predicted octanol–water partition coefficient (Wildman–Crippen LogP) is 12.3. The molecule has 0 rings (SSSR count). The summed E-state index contributed by atoms with van der Waals surface area (Å²) in [6, 6.07) is -0.854. The first-order valence-electron chi connectivity index (χ1n) is 22.0. The molecule has 0 saturated carbocycles. The summed E-state index contributed by atoms with van der Waals surface area (Å²) >= 11 is 0. The molecule has 0 aliphatic rings. The quantitative estimate of drug-likeness (QED) is 0.0329. The predicted molar refractivity (Wildman–Crippen MR) is 216 cm³/mol. The Bertz CT molecular complexity index is 817. The molecule has 0 saturated heterocycles. The standard InChI is InChI=1S/C44H84N2O5/c1-3-5-7-9-11-13-15-16-17-18-19-21-23-28-32-38-43(48)51-40(34-29-25-22-20-14-12-10-8-6-4-2)35-30-26-24-27-31-37-42(47)46-41(44(49)50)36-33-39-45/h16-17,40-41H,3-15,18-39,45H2,1-2H3,(H,46,47)(H,49,50)/b17-16-. The van der Waals surface area contributed by atoms with E-state index in [1.165, 1.54) is 128 Å². The van der Waals surface area contributed by atoms with Crippen molar-refractivity contribution in [2.75, 3.05) is 6.54 Å². The van der Waals surface area contributed by atoms with Crippen LogP contribution in [0.5, 0.6) is 0 Å². The lowest BCUT2D eigenvalue weighted by Crippen LogP contribution is -2.40. The summed E-state index contributed by atoms with van der Waals surface area (Å²) in [5.41, 5.74) is 5.48. The number of nitrogens with two attached hydrogens (primary N) is 1. The van der Waals surface area contributed by atoms with E-state index in [1.54, 1.807) is 0 Å². The topological polar surface area (TPSA) is 119 Å². The lowest BCUT2D eigenvalue weighted by molar-refractivity contribution is -0.150.